The number of nitrogens with one attached hydrogen (secondary N) is 2. The predicted octanol–water partition coefficient (Wildman–Crippen LogP) is 1.15. The molecule has 2 aromatic rings. The average molecular weight is 332 g/mol. The Morgan fingerprint density at radius 1 is 1.48 bits per heavy atom. The van der Waals surface area contributed by atoms with E-state index in [2.05, 4.69) is 20.8 Å². The highest BCUT2D eigenvalue weighted by atomic mass is 32.1. The minimum absolute atomic E-state index is 0.280. The van der Waals surface area contributed by atoms with Crippen LogP contribution in [0.15, 0.2) is 24.5 Å². The summed E-state index contributed by atoms with van der Waals surface area (Å²) in [7, 11) is 1.87. The first-order chi connectivity index (χ1) is 11.0. The number of amides is 1. The van der Waals surface area contributed by atoms with Gasteiger partial charge < -0.3 is 5.32 Å². The van der Waals surface area contributed by atoms with E-state index in [-0.39, 0.29) is 11.0 Å². The first kappa shape index (κ1) is 16.9. The standard InChI is InChI=1S/C15H20N6OS/c1-4-21-10-12(8-17-21)5-6-14(22)18-15(23)16-9-13-7-11(2)19-20(13)3/h5-8,10H,4,9H2,1-3H3,(H2,16,18,22,23). The van der Waals surface area contributed by atoms with Crippen LogP contribution in [0.5, 0.6) is 0 Å². The Labute approximate surface area is 140 Å². The summed E-state index contributed by atoms with van der Waals surface area (Å²) in [6, 6.07) is 1.96. The Kier molecular flexibility index (Phi) is 5.64. The zero-order valence-corrected chi connectivity index (χ0v) is 14.2. The average Bonchev–Trinajstić information content (AvgIpc) is 3.09. The fourth-order valence-corrected chi connectivity index (χ4v) is 2.18. The lowest BCUT2D eigenvalue weighted by molar-refractivity contribution is -0.115. The predicted molar refractivity (Wildman–Crippen MR) is 92.5 cm³/mol. The van der Waals surface area contributed by atoms with Crippen LogP contribution in [0, 0.1) is 6.92 Å². The summed E-state index contributed by atoms with van der Waals surface area (Å²) in [6.07, 6.45) is 6.69. The first-order valence-corrected chi connectivity index (χ1v) is 7.67. The SMILES string of the molecule is CCn1cc(C=CC(=O)NC(=S)NCc2cc(C)nn2C)cn1. The summed E-state index contributed by atoms with van der Waals surface area (Å²) in [5, 5.41) is 14.3. The molecule has 122 valence electrons. The molecular formula is C15H20N6OS. The molecule has 0 aliphatic rings. The highest BCUT2D eigenvalue weighted by molar-refractivity contribution is 7.80. The molecule has 2 aromatic heterocycles. The molecule has 1 amide bonds. The van der Waals surface area contributed by atoms with Crippen molar-refractivity contribution in [3.8, 4) is 0 Å². The van der Waals surface area contributed by atoms with Gasteiger partial charge in [0.1, 0.15) is 0 Å². The second kappa shape index (κ2) is 7.68. The molecule has 23 heavy (non-hydrogen) atoms. The number of hydrogen-bond donors (Lipinski definition) is 2. The highest BCUT2D eigenvalue weighted by Crippen LogP contribution is 2.01. The molecule has 8 heteroatoms. The molecule has 0 spiro atoms. The van der Waals surface area contributed by atoms with Crippen molar-refractivity contribution in [3.05, 3.63) is 41.5 Å². The molecule has 0 atom stereocenters. The topological polar surface area (TPSA) is 76.8 Å². The summed E-state index contributed by atoms with van der Waals surface area (Å²) in [6.45, 7) is 5.22. The van der Waals surface area contributed by atoms with Crippen LogP contribution in [0.1, 0.15) is 23.9 Å². The van der Waals surface area contributed by atoms with Gasteiger partial charge in [-0.15, -0.1) is 0 Å². The molecule has 0 saturated heterocycles. The fourth-order valence-electron chi connectivity index (χ4n) is 2.01. The van der Waals surface area contributed by atoms with E-state index in [1.165, 1.54) is 6.08 Å². The van der Waals surface area contributed by atoms with Crippen LogP contribution in [-0.4, -0.2) is 30.6 Å². The summed E-state index contributed by atoms with van der Waals surface area (Å²) in [5.41, 5.74) is 2.79. The van der Waals surface area contributed by atoms with E-state index < -0.39 is 0 Å². The van der Waals surface area contributed by atoms with Crippen LogP contribution < -0.4 is 10.6 Å². The normalized spacial score (nSPS) is 10.9. The maximum Gasteiger partial charge on any atom is 0.250 e. The summed E-state index contributed by atoms with van der Waals surface area (Å²) in [4.78, 5) is 11.8. The van der Waals surface area contributed by atoms with Gasteiger partial charge in [0.15, 0.2) is 5.11 Å². The lowest BCUT2D eigenvalue weighted by Crippen LogP contribution is -2.38. The summed E-state index contributed by atoms with van der Waals surface area (Å²) < 4.78 is 3.57. The summed E-state index contributed by atoms with van der Waals surface area (Å²) in [5.74, 6) is -0.284. The third-order valence-corrected chi connectivity index (χ3v) is 3.42. The number of aryl methyl sites for hydroxylation is 3. The molecule has 0 fully saturated rings. The molecule has 0 saturated carbocycles. The maximum absolute atomic E-state index is 11.8. The van der Waals surface area contributed by atoms with Crippen LogP contribution in [-0.2, 0) is 24.9 Å². The number of nitrogens with zero attached hydrogens (tertiary/aromatic N) is 4. The van der Waals surface area contributed by atoms with Crippen LogP contribution in [0.3, 0.4) is 0 Å². The molecule has 0 aliphatic carbocycles. The van der Waals surface area contributed by atoms with Gasteiger partial charge in [-0.25, -0.2) is 0 Å². The van der Waals surface area contributed by atoms with Crippen molar-refractivity contribution in [1.82, 2.24) is 30.2 Å². The van der Waals surface area contributed by atoms with Crippen LogP contribution in [0.2, 0.25) is 0 Å². The molecule has 2 heterocycles. The molecule has 0 aromatic carbocycles. The van der Waals surface area contributed by atoms with Crippen molar-refractivity contribution in [2.75, 3.05) is 0 Å². The van der Waals surface area contributed by atoms with Crippen molar-refractivity contribution in [3.63, 3.8) is 0 Å². The number of carbonyl (C=O) groups is 1. The van der Waals surface area contributed by atoms with Gasteiger partial charge in [-0.3, -0.25) is 19.5 Å². The van der Waals surface area contributed by atoms with Crippen LogP contribution in [0.4, 0.5) is 0 Å². The van der Waals surface area contributed by atoms with E-state index in [9.17, 15) is 4.79 Å². The third-order valence-electron chi connectivity index (χ3n) is 3.17. The number of thiocarbonyl (C=S) groups is 1. The number of carbonyl (C=O) groups excluding carboxylic acids is 1. The molecule has 0 radical (unpaired) electrons. The molecule has 2 N–H and O–H groups in total. The Balaban J connectivity index is 1.80. The Hall–Kier alpha value is -2.48. The van der Waals surface area contributed by atoms with Gasteiger partial charge in [0, 0.05) is 31.4 Å². The van der Waals surface area contributed by atoms with E-state index in [1.54, 1.807) is 21.6 Å². The van der Waals surface area contributed by atoms with E-state index in [0.717, 1.165) is 23.5 Å². The van der Waals surface area contributed by atoms with E-state index in [4.69, 9.17) is 12.2 Å². The quantitative estimate of drug-likeness (QED) is 0.634. The second-order valence-electron chi connectivity index (χ2n) is 5.04. The van der Waals surface area contributed by atoms with Crippen LogP contribution in [0.25, 0.3) is 6.08 Å². The highest BCUT2D eigenvalue weighted by Gasteiger charge is 2.04. The Bertz CT molecular complexity index is 730. The van der Waals surface area contributed by atoms with Crippen molar-refractivity contribution in [1.29, 1.82) is 0 Å². The number of hydrogen-bond acceptors (Lipinski definition) is 4. The van der Waals surface area contributed by atoms with Gasteiger partial charge in [0.05, 0.1) is 24.1 Å². The van der Waals surface area contributed by atoms with E-state index >= 15 is 0 Å². The smallest absolute Gasteiger partial charge is 0.250 e. The molecular weight excluding hydrogens is 312 g/mol. The largest absolute Gasteiger partial charge is 0.357 e. The second-order valence-corrected chi connectivity index (χ2v) is 5.44. The molecule has 2 rings (SSSR count). The lowest BCUT2D eigenvalue weighted by Gasteiger charge is -2.08. The molecule has 0 unspecified atom stereocenters. The van der Waals surface area contributed by atoms with Gasteiger partial charge in [0.25, 0.3) is 0 Å². The van der Waals surface area contributed by atoms with Crippen LogP contribution >= 0.6 is 12.2 Å². The minimum Gasteiger partial charge on any atom is -0.357 e. The molecule has 0 bridgehead atoms. The van der Waals surface area contributed by atoms with E-state index in [0.29, 0.717) is 6.54 Å². The lowest BCUT2D eigenvalue weighted by atomic mass is 10.3. The van der Waals surface area contributed by atoms with Gasteiger partial charge >= 0.3 is 0 Å². The zero-order valence-electron chi connectivity index (χ0n) is 13.4. The third kappa shape index (κ3) is 5.03. The first-order valence-electron chi connectivity index (χ1n) is 7.26. The number of rotatable bonds is 5. The minimum atomic E-state index is -0.284. The zero-order chi connectivity index (χ0) is 16.8. The molecule has 7 nitrogen and oxygen atoms in total. The van der Waals surface area contributed by atoms with Gasteiger partial charge in [-0.1, -0.05) is 0 Å². The van der Waals surface area contributed by atoms with Gasteiger partial charge in [-0.05, 0) is 38.2 Å². The van der Waals surface area contributed by atoms with E-state index in [1.807, 2.05) is 33.2 Å². The van der Waals surface area contributed by atoms with Gasteiger partial charge in [0.2, 0.25) is 5.91 Å². The van der Waals surface area contributed by atoms with Crippen molar-refractivity contribution < 1.29 is 4.79 Å². The fraction of sp³-hybridized carbons (Fsp3) is 0.333. The van der Waals surface area contributed by atoms with Crippen molar-refractivity contribution >= 4 is 29.3 Å². The Morgan fingerprint density at radius 2 is 2.26 bits per heavy atom. The van der Waals surface area contributed by atoms with Crippen molar-refractivity contribution in [2.45, 2.75) is 26.9 Å². The summed E-state index contributed by atoms with van der Waals surface area (Å²) >= 11 is 5.11. The Morgan fingerprint density at radius 3 is 2.87 bits per heavy atom. The van der Waals surface area contributed by atoms with Crippen molar-refractivity contribution in [2.24, 2.45) is 7.05 Å². The van der Waals surface area contributed by atoms with Gasteiger partial charge in [-0.2, -0.15) is 10.2 Å². The number of aromatic nitrogens is 4. The molecule has 0 aliphatic heterocycles. The maximum atomic E-state index is 11.8. The monoisotopic (exact) mass is 332 g/mol.